The van der Waals surface area contributed by atoms with Gasteiger partial charge in [0.05, 0.1) is 16.8 Å². The van der Waals surface area contributed by atoms with Gasteiger partial charge < -0.3 is 0 Å². The van der Waals surface area contributed by atoms with Crippen molar-refractivity contribution in [3.05, 3.63) is 277 Å². The summed E-state index contributed by atoms with van der Waals surface area (Å²) in [5, 5.41) is 2.56. The number of aromatic nitrogens is 2. The maximum atomic E-state index is 5.55. The molecule has 1 aliphatic carbocycles. The highest BCUT2D eigenvalue weighted by atomic mass is 32.1. The quantitative estimate of drug-likeness (QED) is 0.152. The van der Waals surface area contributed by atoms with E-state index in [2.05, 4.69) is 255 Å². The number of rotatable bonds is 8. The van der Waals surface area contributed by atoms with Crippen LogP contribution in [-0.2, 0) is 5.41 Å². The molecule has 0 atom stereocenters. The summed E-state index contributed by atoms with van der Waals surface area (Å²) in [6.45, 7) is 0. The molecule has 3 heteroatoms. The predicted molar refractivity (Wildman–Crippen MR) is 285 cm³/mol. The molecule has 0 saturated carbocycles. The lowest BCUT2D eigenvalue weighted by Gasteiger charge is -2.35. The summed E-state index contributed by atoms with van der Waals surface area (Å²) >= 11 is 1.85. The van der Waals surface area contributed by atoms with Gasteiger partial charge in [0.15, 0.2) is 5.82 Å². The van der Waals surface area contributed by atoms with Gasteiger partial charge in [-0.3, -0.25) is 0 Å². The maximum Gasteiger partial charge on any atom is 0.160 e. The molecule has 13 rings (SSSR count). The zero-order valence-electron chi connectivity index (χ0n) is 37.1. The van der Waals surface area contributed by atoms with Gasteiger partial charge >= 0.3 is 0 Å². The van der Waals surface area contributed by atoms with Gasteiger partial charge in [-0.05, 0) is 115 Å². The van der Waals surface area contributed by atoms with Crippen molar-refractivity contribution < 1.29 is 0 Å². The number of fused-ring (bicyclic) bond motifs is 6. The molecule has 0 N–H and O–H groups in total. The highest BCUT2D eigenvalue weighted by Gasteiger charge is 2.47. The van der Waals surface area contributed by atoms with Gasteiger partial charge in [-0.25, -0.2) is 9.97 Å². The van der Waals surface area contributed by atoms with Crippen LogP contribution in [0.15, 0.2) is 255 Å². The molecule has 0 bridgehead atoms. The Bertz CT molecular complexity index is 3800. The summed E-state index contributed by atoms with van der Waals surface area (Å²) in [5.74, 6) is 0.681. The number of hydrogen-bond donors (Lipinski definition) is 0. The summed E-state index contributed by atoms with van der Waals surface area (Å²) in [7, 11) is 0. The number of benzene rings is 10. The predicted octanol–water partition coefficient (Wildman–Crippen LogP) is 17.2. The SMILES string of the molecule is c1ccc(-c2cccc(-c3cc(-c4ccc5sc6ccccc6c5c4)cc(-c4cc(-c5cccc6c5C(c5ccccc5)(c5ccccc5)c5ccccc5-6)nc(-c5ccccc5)n4)c3)c2)cc1. The first-order valence-corrected chi connectivity index (χ1v) is 24.0. The van der Waals surface area contributed by atoms with Gasteiger partial charge in [0, 0.05) is 36.9 Å². The summed E-state index contributed by atoms with van der Waals surface area (Å²) in [6.07, 6.45) is 0. The van der Waals surface area contributed by atoms with Crippen molar-refractivity contribution >= 4 is 31.5 Å². The molecule has 1 aliphatic rings. The third kappa shape index (κ3) is 6.62. The molecule has 2 aromatic heterocycles. The zero-order chi connectivity index (χ0) is 45.0. The fourth-order valence-corrected chi connectivity index (χ4v) is 11.8. The van der Waals surface area contributed by atoms with Gasteiger partial charge in [0.1, 0.15) is 0 Å². The summed E-state index contributed by atoms with van der Waals surface area (Å²) in [6, 6.07) is 92.6. The number of thiophene rings is 1. The topological polar surface area (TPSA) is 25.8 Å². The minimum absolute atomic E-state index is 0.607. The van der Waals surface area contributed by atoms with Crippen LogP contribution in [0.4, 0.5) is 0 Å². The lowest BCUT2D eigenvalue weighted by atomic mass is 9.66. The molecule has 68 heavy (non-hydrogen) atoms. The second-order valence-electron chi connectivity index (χ2n) is 17.6. The average Bonchev–Trinajstić information content (AvgIpc) is 3.95. The minimum Gasteiger partial charge on any atom is -0.228 e. The lowest BCUT2D eigenvalue weighted by molar-refractivity contribution is 0.769. The Morgan fingerprint density at radius 2 is 0.794 bits per heavy atom. The van der Waals surface area contributed by atoms with E-state index < -0.39 is 5.41 Å². The van der Waals surface area contributed by atoms with E-state index in [0.717, 1.165) is 50.3 Å². The molecule has 0 fully saturated rings. The van der Waals surface area contributed by atoms with Gasteiger partial charge in [-0.15, -0.1) is 11.3 Å². The van der Waals surface area contributed by atoms with Crippen LogP contribution >= 0.6 is 11.3 Å². The van der Waals surface area contributed by atoms with Crippen LogP contribution in [0.25, 0.3) is 98.6 Å². The van der Waals surface area contributed by atoms with Gasteiger partial charge in [0.25, 0.3) is 0 Å². The van der Waals surface area contributed by atoms with Crippen LogP contribution in [-0.4, -0.2) is 9.97 Å². The van der Waals surface area contributed by atoms with E-state index in [9.17, 15) is 0 Å². The Hall–Kier alpha value is -8.50. The Morgan fingerprint density at radius 3 is 1.53 bits per heavy atom. The van der Waals surface area contributed by atoms with Crippen LogP contribution in [0.2, 0.25) is 0 Å². The molecule has 0 saturated heterocycles. The number of nitrogens with zero attached hydrogens (tertiary/aromatic N) is 2. The van der Waals surface area contributed by atoms with E-state index in [-0.39, 0.29) is 0 Å². The molecule has 12 aromatic rings. The van der Waals surface area contributed by atoms with Crippen LogP contribution in [0.5, 0.6) is 0 Å². The van der Waals surface area contributed by atoms with Gasteiger partial charge in [-0.2, -0.15) is 0 Å². The summed E-state index contributed by atoms with van der Waals surface area (Å²) in [4.78, 5) is 11.0. The van der Waals surface area contributed by atoms with E-state index in [1.165, 1.54) is 64.7 Å². The molecule has 2 heterocycles. The first-order valence-electron chi connectivity index (χ1n) is 23.2. The van der Waals surface area contributed by atoms with Crippen molar-refractivity contribution in [2.24, 2.45) is 0 Å². The fraction of sp³-hybridized carbons (Fsp3) is 0.0154. The Kier molecular flexibility index (Phi) is 9.62. The standard InChI is InChI=1S/C65H42N2S/c1-5-19-43(20-6-1)45-23-17-24-46(37-45)48-38-49(47-35-36-62-57(41-47)54-30-14-16-34-61(54)68-62)40-50(39-48)59-42-60(67-64(66-59)44-21-7-2-8-22-44)56-32-18-31-55-53-29-13-15-33-58(53)65(63(55)56,51-25-9-3-10-26-51)52-27-11-4-12-28-52/h1-42H. The van der Waals surface area contributed by atoms with E-state index in [0.29, 0.717) is 5.82 Å². The van der Waals surface area contributed by atoms with Crippen molar-refractivity contribution in [3.63, 3.8) is 0 Å². The average molecular weight is 883 g/mol. The minimum atomic E-state index is -0.607. The monoisotopic (exact) mass is 882 g/mol. The Balaban J connectivity index is 1.07. The van der Waals surface area contributed by atoms with Crippen LogP contribution in [0, 0.1) is 0 Å². The highest BCUT2D eigenvalue weighted by Crippen LogP contribution is 2.58. The van der Waals surface area contributed by atoms with Crippen molar-refractivity contribution in [1.29, 1.82) is 0 Å². The Labute approximate surface area is 400 Å². The third-order valence-electron chi connectivity index (χ3n) is 13.8. The fourth-order valence-electron chi connectivity index (χ4n) is 10.7. The molecule has 10 aromatic carbocycles. The van der Waals surface area contributed by atoms with Crippen molar-refractivity contribution in [2.75, 3.05) is 0 Å². The summed E-state index contributed by atoms with van der Waals surface area (Å²) < 4.78 is 2.59. The van der Waals surface area contributed by atoms with Crippen molar-refractivity contribution in [1.82, 2.24) is 9.97 Å². The van der Waals surface area contributed by atoms with Crippen molar-refractivity contribution in [3.8, 4) is 78.4 Å². The van der Waals surface area contributed by atoms with Crippen LogP contribution in [0.3, 0.4) is 0 Å². The van der Waals surface area contributed by atoms with E-state index in [1.54, 1.807) is 0 Å². The molecule has 318 valence electrons. The molecule has 0 radical (unpaired) electrons. The Morgan fingerprint density at radius 1 is 0.294 bits per heavy atom. The summed E-state index contributed by atoms with van der Waals surface area (Å²) in [5.41, 5.74) is 18.5. The molecule has 2 nitrogen and oxygen atoms in total. The molecule has 0 amide bonds. The molecule has 0 aliphatic heterocycles. The van der Waals surface area contributed by atoms with E-state index >= 15 is 0 Å². The molecule has 0 spiro atoms. The first-order chi connectivity index (χ1) is 33.7. The molecular weight excluding hydrogens is 841 g/mol. The largest absolute Gasteiger partial charge is 0.228 e. The first kappa shape index (κ1) is 39.8. The lowest BCUT2D eigenvalue weighted by Crippen LogP contribution is -2.29. The van der Waals surface area contributed by atoms with Gasteiger partial charge in [0.2, 0.25) is 0 Å². The third-order valence-corrected chi connectivity index (χ3v) is 14.9. The second-order valence-corrected chi connectivity index (χ2v) is 18.7. The van der Waals surface area contributed by atoms with E-state index in [1.807, 2.05) is 11.3 Å². The zero-order valence-corrected chi connectivity index (χ0v) is 37.9. The van der Waals surface area contributed by atoms with Crippen molar-refractivity contribution in [2.45, 2.75) is 5.41 Å². The van der Waals surface area contributed by atoms with Crippen LogP contribution < -0.4 is 0 Å². The smallest absolute Gasteiger partial charge is 0.160 e. The normalized spacial score (nSPS) is 12.5. The number of hydrogen-bond acceptors (Lipinski definition) is 3. The van der Waals surface area contributed by atoms with Crippen LogP contribution in [0.1, 0.15) is 22.3 Å². The highest BCUT2D eigenvalue weighted by molar-refractivity contribution is 7.25. The van der Waals surface area contributed by atoms with Gasteiger partial charge in [-0.1, -0.05) is 206 Å². The molecular formula is C65H42N2S. The second kappa shape index (κ2) is 16.4. The molecule has 0 unspecified atom stereocenters. The maximum absolute atomic E-state index is 5.55. The van der Waals surface area contributed by atoms with E-state index in [4.69, 9.17) is 9.97 Å².